The van der Waals surface area contributed by atoms with E-state index in [9.17, 15) is 30.0 Å². The van der Waals surface area contributed by atoms with Gasteiger partial charge in [0.25, 0.3) is 0 Å². The van der Waals surface area contributed by atoms with Crippen LogP contribution in [0.2, 0.25) is 10.0 Å². The molecular weight excluding hydrogens is 701 g/mol. The number of pyridine rings is 1. The summed E-state index contributed by atoms with van der Waals surface area (Å²) in [6, 6.07) is 13.6. The quantitative estimate of drug-likeness (QED) is 0.0935. The molecule has 14 heteroatoms. The number of carbonyl (C=O) groups is 2. The number of para-hydroxylation sites is 1. The number of unbranched alkanes of at least 4 members (excludes halogenated alkanes) is 1. The summed E-state index contributed by atoms with van der Waals surface area (Å²) in [5, 5.41) is 49.9. The molecule has 1 aromatic heterocycles. The van der Waals surface area contributed by atoms with Gasteiger partial charge < -0.3 is 45.6 Å². The molecule has 0 unspecified atom stereocenters. The molecule has 0 bridgehead atoms. The monoisotopic (exact) mass is 745 g/mol. The van der Waals surface area contributed by atoms with Gasteiger partial charge in [0.15, 0.2) is 0 Å². The third-order valence-corrected chi connectivity index (χ3v) is 9.95. The smallest absolute Gasteiger partial charge is 0.237 e. The number of hydrogen-bond donors (Lipinski definition) is 6. The number of nitrogens with two attached hydrogens (primary N) is 1. The van der Waals surface area contributed by atoms with Crippen molar-refractivity contribution in [3.05, 3.63) is 81.6 Å². The molecule has 3 aromatic rings. The van der Waals surface area contributed by atoms with Gasteiger partial charge in [-0.05, 0) is 85.9 Å². The van der Waals surface area contributed by atoms with Crippen molar-refractivity contribution in [1.82, 2.24) is 9.88 Å². The first kappa shape index (κ1) is 38.9. The normalized spacial score (nSPS) is 17.3. The van der Waals surface area contributed by atoms with E-state index in [1.54, 1.807) is 18.3 Å². The van der Waals surface area contributed by atoms with Crippen LogP contribution in [0, 0.1) is 0 Å². The van der Waals surface area contributed by atoms with Crippen LogP contribution in [-0.4, -0.2) is 97.4 Å². The summed E-state index contributed by atoms with van der Waals surface area (Å²) in [6.45, 7) is -1.64. The number of aromatic nitrogens is 1. The van der Waals surface area contributed by atoms with Gasteiger partial charge in [0.1, 0.15) is 30.2 Å². The Labute approximate surface area is 306 Å². The maximum atomic E-state index is 12.9. The maximum Gasteiger partial charge on any atom is 0.237 e. The topological polar surface area (TPSA) is 196 Å². The van der Waals surface area contributed by atoms with Gasteiger partial charge >= 0.3 is 0 Å². The van der Waals surface area contributed by atoms with Gasteiger partial charge in [0.2, 0.25) is 11.8 Å². The number of primary amides is 1. The van der Waals surface area contributed by atoms with Crippen LogP contribution < -0.4 is 10.5 Å². The Bertz CT molecular complexity index is 1670. The number of nitrogens with zero attached hydrogens (tertiary/aromatic N) is 2. The molecule has 2 aliphatic carbocycles. The molecule has 0 saturated heterocycles. The number of hydrogen-bond acceptors (Lipinski definition) is 10. The molecule has 0 aliphatic heterocycles. The van der Waals surface area contributed by atoms with Gasteiger partial charge in [-0.3, -0.25) is 14.6 Å². The predicted molar refractivity (Wildman–Crippen MR) is 190 cm³/mol. The molecule has 7 N–H and O–H groups in total. The highest BCUT2D eigenvalue weighted by molar-refractivity contribution is 6.34. The second-order valence-corrected chi connectivity index (χ2v) is 14.1. The first-order valence-corrected chi connectivity index (χ1v) is 17.9. The van der Waals surface area contributed by atoms with E-state index in [4.69, 9.17) is 43.5 Å². The van der Waals surface area contributed by atoms with Crippen molar-refractivity contribution in [2.75, 3.05) is 19.7 Å². The maximum absolute atomic E-state index is 12.9. The molecule has 2 saturated carbocycles. The Morgan fingerprint density at radius 1 is 0.961 bits per heavy atom. The zero-order valence-corrected chi connectivity index (χ0v) is 29.7. The molecule has 51 heavy (non-hydrogen) atoms. The van der Waals surface area contributed by atoms with Crippen LogP contribution >= 0.6 is 23.2 Å². The number of carbonyl (C=O) groups excluding carboxylic acids is 2. The van der Waals surface area contributed by atoms with E-state index in [0.29, 0.717) is 29.3 Å². The zero-order valence-electron chi connectivity index (χ0n) is 28.2. The van der Waals surface area contributed by atoms with Crippen LogP contribution in [0.3, 0.4) is 0 Å². The highest BCUT2D eigenvalue weighted by Gasteiger charge is 2.48. The SMILES string of the molecule is NC(=O)CN(C[C@H](O)[C@@H](O)[C@H](O)[C@H](O)CO)C(=O)CCCCc1cc(Cl)c(COC2(c3cnccc3-c3ccccc3OC3CC3)CC2)cc1Cl. The molecule has 5 rings (SSSR count). The van der Waals surface area contributed by atoms with E-state index < -0.39 is 61.5 Å². The second kappa shape index (κ2) is 17.5. The van der Waals surface area contributed by atoms with Crippen LogP contribution in [0.4, 0.5) is 0 Å². The van der Waals surface area contributed by atoms with E-state index in [0.717, 1.165) is 64.1 Å². The van der Waals surface area contributed by atoms with Crippen LogP contribution in [0.1, 0.15) is 61.6 Å². The zero-order chi connectivity index (χ0) is 36.7. The van der Waals surface area contributed by atoms with Crippen LogP contribution in [0.5, 0.6) is 5.75 Å². The van der Waals surface area contributed by atoms with Crippen molar-refractivity contribution in [1.29, 1.82) is 0 Å². The third-order valence-electron chi connectivity index (χ3n) is 9.25. The number of ether oxygens (including phenoxy) is 2. The summed E-state index contributed by atoms with van der Waals surface area (Å²) in [5.74, 6) is -0.477. The highest BCUT2D eigenvalue weighted by Crippen LogP contribution is 2.53. The van der Waals surface area contributed by atoms with Crippen molar-refractivity contribution in [3.8, 4) is 16.9 Å². The Balaban J connectivity index is 1.16. The fraction of sp³-hybridized carbons (Fsp3) is 0.486. The second-order valence-electron chi connectivity index (χ2n) is 13.3. The minimum Gasteiger partial charge on any atom is -0.490 e. The standard InChI is InChI=1S/C37H45Cl2N3O9/c38-28-16-23(21-50-37(12-13-37)27-17-41-14-11-25(27)26-6-2-3-7-32(26)51-24-9-10-24)29(39)15-22(28)5-1-4-8-34(47)42(19-33(40)46)18-30(44)35(48)36(49)31(45)20-43/h2-3,6-7,11,14-17,24,30-31,35-36,43-45,48-49H,1,4-5,8-10,12-13,18-21H2,(H2,40,46)/t30-,31+,35+,36+/m0/s1. The lowest BCUT2D eigenvalue weighted by Crippen LogP contribution is -2.51. The molecule has 0 spiro atoms. The average Bonchev–Trinajstić information content (AvgIpc) is 4.07. The fourth-order valence-electron chi connectivity index (χ4n) is 5.99. The number of rotatable bonds is 20. The number of halogens is 2. The van der Waals surface area contributed by atoms with Crippen LogP contribution in [0.15, 0.2) is 54.9 Å². The van der Waals surface area contributed by atoms with Crippen molar-refractivity contribution in [3.63, 3.8) is 0 Å². The van der Waals surface area contributed by atoms with E-state index in [-0.39, 0.29) is 19.1 Å². The van der Waals surface area contributed by atoms with E-state index >= 15 is 0 Å². The van der Waals surface area contributed by atoms with Crippen molar-refractivity contribution < 1.29 is 44.6 Å². The lowest BCUT2D eigenvalue weighted by molar-refractivity contribution is -0.142. The largest absolute Gasteiger partial charge is 0.490 e. The average molecular weight is 747 g/mol. The van der Waals surface area contributed by atoms with Gasteiger partial charge in [-0.1, -0.05) is 41.4 Å². The van der Waals surface area contributed by atoms with E-state index in [2.05, 4.69) is 11.1 Å². The highest BCUT2D eigenvalue weighted by atomic mass is 35.5. The summed E-state index contributed by atoms with van der Waals surface area (Å²) < 4.78 is 12.8. The minimum absolute atomic E-state index is 0.00475. The third kappa shape index (κ3) is 10.2. The summed E-state index contributed by atoms with van der Waals surface area (Å²) >= 11 is 13.4. The number of aliphatic hydroxyl groups excluding tert-OH is 5. The summed E-state index contributed by atoms with van der Waals surface area (Å²) in [6.07, 6.45) is 2.03. The summed E-state index contributed by atoms with van der Waals surface area (Å²) in [4.78, 5) is 29.9. The molecule has 4 atom stereocenters. The van der Waals surface area contributed by atoms with Gasteiger partial charge in [-0.15, -0.1) is 0 Å². The molecule has 1 heterocycles. The number of benzene rings is 2. The number of amides is 2. The first-order valence-electron chi connectivity index (χ1n) is 17.1. The molecule has 12 nitrogen and oxygen atoms in total. The first-order chi connectivity index (χ1) is 24.4. The van der Waals surface area contributed by atoms with Crippen LogP contribution in [-0.2, 0) is 33.0 Å². The lowest BCUT2D eigenvalue weighted by Gasteiger charge is -2.30. The Morgan fingerprint density at radius 3 is 2.33 bits per heavy atom. The van der Waals surface area contributed by atoms with Crippen molar-refractivity contribution >= 4 is 35.0 Å². The Morgan fingerprint density at radius 2 is 1.65 bits per heavy atom. The van der Waals surface area contributed by atoms with Gasteiger partial charge in [-0.25, -0.2) is 0 Å². The molecular formula is C37H45Cl2N3O9. The van der Waals surface area contributed by atoms with Gasteiger partial charge in [0, 0.05) is 46.5 Å². The molecule has 2 fully saturated rings. The summed E-state index contributed by atoms with van der Waals surface area (Å²) in [7, 11) is 0. The molecule has 2 aromatic carbocycles. The lowest BCUT2D eigenvalue weighted by atomic mass is 9.96. The fourth-order valence-corrected chi connectivity index (χ4v) is 6.51. The number of aliphatic hydroxyl groups is 5. The predicted octanol–water partition coefficient (Wildman–Crippen LogP) is 3.27. The van der Waals surface area contributed by atoms with Crippen LogP contribution in [0.25, 0.3) is 11.1 Å². The molecule has 0 radical (unpaired) electrons. The van der Waals surface area contributed by atoms with E-state index in [1.165, 1.54) is 0 Å². The molecule has 276 valence electrons. The van der Waals surface area contributed by atoms with Crippen molar-refractivity contribution in [2.45, 2.75) is 94.1 Å². The Kier molecular flexibility index (Phi) is 13.3. The van der Waals surface area contributed by atoms with E-state index in [1.807, 2.05) is 30.5 Å². The van der Waals surface area contributed by atoms with Gasteiger partial charge in [-0.2, -0.15) is 0 Å². The Hall–Kier alpha value is -3.33. The summed E-state index contributed by atoms with van der Waals surface area (Å²) in [5.41, 5.74) is 9.35. The van der Waals surface area contributed by atoms with Crippen molar-refractivity contribution in [2.24, 2.45) is 5.73 Å². The minimum atomic E-state index is -1.88. The number of aryl methyl sites for hydroxylation is 1. The molecule has 2 amide bonds. The van der Waals surface area contributed by atoms with Gasteiger partial charge in [0.05, 0.1) is 31.5 Å². The molecule has 2 aliphatic rings.